The van der Waals surface area contributed by atoms with E-state index >= 15 is 0 Å². The highest BCUT2D eigenvalue weighted by molar-refractivity contribution is 6.63. The molecule has 0 saturated carbocycles. The molecule has 100 valence electrons. The number of nitrogens with zero attached hydrogens (tertiary/aromatic N) is 1. The minimum absolute atomic E-state index is 0.0521. The van der Waals surface area contributed by atoms with Crippen LogP contribution in [0.2, 0.25) is 5.02 Å². The number of benzene rings is 1. The molecule has 0 bridgehead atoms. The second-order valence-electron chi connectivity index (χ2n) is 5.52. The van der Waals surface area contributed by atoms with Crippen molar-refractivity contribution in [2.45, 2.75) is 38.9 Å². The van der Waals surface area contributed by atoms with Crippen LogP contribution >= 0.6 is 11.6 Å². The number of hydrogen-bond acceptors (Lipinski definition) is 3. The maximum Gasteiger partial charge on any atom is 0.499 e. The molecule has 0 N–H and O–H groups in total. The number of hydrogen-bond donors (Lipinski definition) is 0. The minimum Gasteiger partial charge on any atom is -0.399 e. The molecule has 0 atom stereocenters. The molecule has 3 nitrogen and oxygen atoms in total. The van der Waals surface area contributed by atoms with Gasteiger partial charge in [-0.1, -0.05) is 11.6 Å². The number of rotatable bonds is 1. The van der Waals surface area contributed by atoms with Crippen molar-refractivity contribution in [2.75, 3.05) is 0 Å². The quantitative estimate of drug-likeness (QED) is 0.743. The summed E-state index contributed by atoms with van der Waals surface area (Å²) in [4.78, 5) is 0. The van der Waals surface area contributed by atoms with Crippen molar-refractivity contribution in [2.24, 2.45) is 0 Å². The highest BCUT2D eigenvalue weighted by Crippen LogP contribution is 2.37. The number of nitriles is 1. The molecule has 19 heavy (non-hydrogen) atoms. The standard InChI is InChI=1S/C13H14BClFNO2/c1-12(2)13(3,4)19-14(18-12)10-8(7-17)5-6-9(15)11(10)16/h5-6H,1-4H3. The van der Waals surface area contributed by atoms with Gasteiger partial charge in [0.15, 0.2) is 0 Å². The minimum atomic E-state index is -0.932. The fraction of sp³-hybridized carbons (Fsp3) is 0.462. The zero-order valence-corrected chi connectivity index (χ0v) is 12.0. The molecular weight excluding hydrogens is 267 g/mol. The van der Waals surface area contributed by atoms with Crippen LogP contribution in [0.15, 0.2) is 12.1 Å². The molecule has 1 aliphatic heterocycles. The third-order valence-electron chi connectivity index (χ3n) is 3.74. The molecule has 0 aromatic heterocycles. The van der Waals surface area contributed by atoms with Crippen LogP contribution in [0, 0.1) is 17.1 Å². The van der Waals surface area contributed by atoms with Gasteiger partial charge >= 0.3 is 7.12 Å². The zero-order valence-electron chi connectivity index (χ0n) is 11.3. The Kier molecular flexibility index (Phi) is 3.38. The molecule has 1 fully saturated rings. The Labute approximate surface area is 117 Å². The first-order chi connectivity index (χ1) is 8.69. The molecule has 0 spiro atoms. The summed E-state index contributed by atoms with van der Waals surface area (Å²) in [6, 6.07) is 4.75. The predicted octanol–water partition coefficient (Wildman–Crippen LogP) is 2.65. The summed E-state index contributed by atoms with van der Waals surface area (Å²) in [5.74, 6) is -0.667. The molecule has 1 saturated heterocycles. The predicted molar refractivity (Wildman–Crippen MR) is 71.8 cm³/mol. The Morgan fingerprint density at radius 2 is 1.74 bits per heavy atom. The van der Waals surface area contributed by atoms with Gasteiger partial charge in [0.25, 0.3) is 0 Å². The summed E-state index contributed by atoms with van der Waals surface area (Å²) in [5, 5.41) is 9.03. The summed E-state index contributed by atoms with van der Waals surface area (Å²) >= 11 is 5.77. The lowest BCUT2D eigenvalue weighted by Crippen LogP contribution is -2.41. The van der Waals surface area contributed by atoms with E-state index in [-0.39, 0.29) is 16.0 Å². The van der Waals surface area contributed by atoms with Crippen LogP contribution in [-0.2, 0) is 9.31 Å². The van der Waals surface area contributed by atoms with Crippen LogP contribution in [0.3, 0.4) is 0 Å². The van der Waals surface area contributed by atoms with Crippen molar-refractivity contribution in [1.82, 2.24) is 0 Å². The van der Waals surface area contributed by atoms with Crippen molar-refractivity contribution in [3.05, 3.63) is 28.5 Å². The summed E-state index contributed by atoms with van der Waals surface area (Å²) in [6.45, 7) is 7.45. The molecule has 0 aliphatic carbocycles. The van der Waals surface area contributed by atoms with Crippen molar-refractivity contribution >= 4 is 24.2 Å². The highest BCUT2D eigenvalue weighted by Gasteiger charge is 2.53. The van der Waals surface area contributed by atoms with Gasteiger partial charge in [0.05, 0.1) is 27.9 Å². The normalized spacial score (nSPS) is 20.4. The van der Waals surface area contributed by atoms with E-state index in [1.54, 1.807) is 0 Å². The third-order valence-corrected chi connectivity index (χ3v) is 4.03. The Balaban J connectivity index is 2.51. The average Bonchev–Trinajstić information content (AvgIpc) is 2.51. The summed E-state index contributed by atoms with van der Waals surface area (Å²) < 4.78 is 25.7. The number of halogens is 2. The smallest absolute Gasteiger partial charge is 0.399 e. The Morgan fingerprint density at radius 3 is 2.21 bits per heavy atom. The second-order valence-corrected chi connectivity index (χ2v) is 5.93. The molecular formula is C13H14BClFNO2. The Morgan fingerprint density at radius 1 is 1.21 bits per heavy atom. The lowest BCUT2D eigenvalue weighted by atomic mass is 9.75. The van der Waals surface area contributed by atoms with E-state index < -0.39 is 24.1 Å². The van der Waals surface area contributed by atoms with Crippen LogP contribution in [0.4, 0.5) is 4.39 Å². The van der Waals surface area contributed by atoms with Gasteiger partial charge in [0.2, 0.25) is 0 Å². The van der Waals surface area contributed by atoms with Gasteiger partial charge in [-0.2, -0.15) is 5.26 Å². The zero-order chi connectivity index (χ0) is 14.4. The van der Waals surface area contributed by atoms with Gasteiger partial charge in [0.1, 0.15) is 5.82 Å². The van der Waals surface area contributed by atoms with Crippen molar-refractivity contribution in [3.8, 4) is 6.07 Å². The summed E-state index contributed by atoms with van der Waals surface area (Å²) in [5.41, 5.74) is -0.966. The van der Waals surface area contributed by atoms with E-state index in [0.29, 0.717) is 0 Å². The maximum absolute atomic E-state index is 14.2. The Hall–Kier alpha value is -1.09. The molecule has 2 rings (SSSR count). The second kappa shape index (κ2) is 4.48. The van der Waals surface area contributed by atoms with E-state index in [1.165, 1.54) is 12.1 Å². The molecule has 1 aromatic rings. The largest absolute Gasteiger partial charge is 0.499 e. The van der Waals surface area contributed by atoms with Gasteiger partial charge in [-0.05, 0) is 39.8 Å². The van der Waals surface area contributed by atoms with E-state index in [1.807, 2.05) is 33.8 Å². The van der Waals surface area contributed by atoms with Gasteiger partial charge in [-0.15, -0.1) is 0 Å². The van der Waals surface area contributed by atoms with Gasteiger partial charge in [0, 0.05) is 5.46 Å². The monoisotopic (exact) mass is 281 g/mol. The summed E-state index contributed by atoms with van der Waals surface area (Å²) in [6.07, 6.45) is 0. The van der Waals surface area contributed by atoms with E-state index in [2.05, 4.69) is 0 Å². The van der Waals surface area contributed by atoms with Crippen molar-refractivity contribution < 1.29 is 13.7 Å². The van der Waals surface area contributed by atoms with Gasteiger partial charge in [-0.25, -0.2) is 4.39 Å². The van der Waals surface area contributed by atoms with Gasteiger partial charge in [-0.3, -0.25) is 0 Å². The van der Waals surface area contributed by atoms with Crippen LogP contribution in [0.1, 0.15) is 33.3 Å². The Bertz CT molecular complexity index is 552. The van der Waals surface area contributed by atoms with Crippen LogP contribution in [0.5, 0.6) is 0 Å². The lowest BCUT2D eigenvalue weighted by molar-refractivity contribution is 0.00578. The molecule has 1 aromatic carbocycles. The van der Waals surface area contributed by atoms with Crippen LogP contribution < -0.4 is 5.46 Å². The van der Waals surface area contributed by atoms with E-state index in [0.717, 1.165) is 0 Å². The topological polar surface area (TPSA) is 42.2 Å². The van der Waals surface area contributed by atoms with Gasteiger partial charge < -0.3 is 9.31 Å². The fourth-order valence-electron chi connectivity index (χ4n) is 1.86. The van der Waals surface area contributed by atoms with E-state index in [4.69, 9.17) is 26.2 Å². The maximum atomic E-state index is 14.2. The SMILES string of the molecule is CC1(C)OB(c2c(C#N)ccc(Cl)c2F)OC1(C)C. The molecule has 6 heteroatoms. The van der Waals surface area contributed by atoms with Crippen LogP contribution in [-0.4, -0.2) is 18.3 Å². The first kappa shape index (κ1) is 14.3. The highest BCUT2D eigenvalue weighted by atomic mass is 35.5. The van der Waals surface area contributed by atoms with Crippen molar-refractivity contribution in [3.63, 3.8) is 0 Å². The average molecular weight is 282 g/mol. The molecule has 1 aliphatic rings. The fourth-order valence-corrected chi connectivity index (χ4v) is 2.02. The molecule has 1 heterocycles. The molecule has 0 radical (unpaired) electrons. The van der Waals surface area contributed by atoms with Crippen LogP contribution in [0.25, 0.3) is 0 Å². The first-order valence-corrected chi connectivity index (χ1v) is 6.31. The third kappa shape index (κ3) is 2.25. The first-order valence-electron chi connectivity index (χ1n) is 5.93. The molecule has 0 unspecified atom stereocenters. The van der Waals surface area contributed by atoms with Crippen molar-refractivity contribution in [1.29, 1.82) is 5.26 Å². The molecule has 0 amide bonds. The lowest BCUT2D eigenvalue weighted by Gasteiger charge is -2.32. The summed E-state index contributed by atoms with van der Waals surface area (Å²) in [7, 11) is -0.932. The van der Waals surface area contributed by atoms with E-state index in [9.17, 15) is 4.39 Å².